The first-order valence-corrected chi connectivity index (χ1v) is 7.20. The Bertz CT molecular complexity index is 722. The van der Waals surface area contributed by atoms with Crippen LogP contribution in [0.3, 0.4) is 0 Å². The quantitative estimate of drug-likeness (QED) is 0.910. The van der Waals surface area contributed by atoms with Crippen LogP contribution in [0.4, 0.5) is 5.82 Å². The molecule has 3 rings (SSSR count). The number of amides is 2. The second kappa shape index (κ2) is 6.57. The molecule has 0 aromatic carbocycles. The van der Waals surface area contributed by atoms with E-state index in [4.69, 9.17) is 9.26 Å². The molecule has 0 spiro atoms. The SMILES string of the molecule is Cc1cc(NC(=O)c2cncc(C(=O)N3CCOCC3)c2)no1. The van der Waals surface area contributed by atoms with Gasteiger partial charge in [-0.2, -0.15) is 0 Å². The smallest absolute Gasteiger partial charge is 0.258 e. The van der Waals surface area contributed by atoms with E-state index in [1.165, 1.54) is 18.5 Å². The van der Waals surface area contributed by atoms with Gasteiger partial charge in [0.25, 0.3) is 11.8 Å². The lowest BCUT2D eigenvalue weighted by Crippen LogP contribution is -2.40. The monoisotopic (exact) mass is 316 g/mol. The molecule has 0 aliphatic carbocycles. The molecular weight excluding hydrogens is 300 g/mol. The van der Waals surface area contributed by atoms with Crippen LogP contribution < -0.4 is 5.32 Å². The van der Waals surface area contributed by atoms with Crippen molar-refractivity contribution in [2.75, 3.05) is 31.6 Å². The molecule has 0 saturated carbocycles. The fourth-order valence-corrected chi connectivity index (χ4v) is 2.24. The average Bonchev–Trinajstić information content (AvgIpc) is 3.00. The predicted molar refractivity (Wildman–Crippen MR) is 80.2 cm³/mol. The Hall–Kier alpha value is -2.74. The molecule has 0 bridgehead atoms. The number of hydrogen-bond donors (Lipinski definition) is 1. The van der Waals surface area contributed by atoms with Gasteiger partial charge in [0.15, 0.2) is 5.82 Å². The van der Waals surface area contributed by atoms with E-state index < -0.39 is 5.91 Å². The Morgan fingerprint density at radius 1 is 1.17 bits per heavy atom. The molecule has 23 heavy (non-hydrogen) atoms. The number of carbonyl (C=O) groups is 2. The third-order valence-electron chi connectivity index (χ3n) is 3.42. The number of anilines is 1. The van der Waals surface area contributed by atoms with Crippen molar-refractivity contribution >= 4 is 17.6 Å². The molecule has 2 amide bonds. The van der Waals surface area contributed by atoms with E-state index in [9.17, 15) is 9.59 Å². The van der Waals surface area contributed by atoms with Gasteiger partial charge in [-0.15, -0.1) is 0 Å². The summed E-state index contributed by atoms with van der Waals surface area (Å²) in [4.78, 5) is 30.3. The van der Waals surface area contributed by atoms with Crippen molar-refractivity contribution in [3.05, 3.63) is 41.4 Å². The molecule has 1 fully saturated rings. The molecule has 0 radical (unpaired) electrons. The third kappa shape index (κ3) is 3.54. The maximum Gasteiger partial charge on any atom is 0.258 e. The standard InChI is InChI=1S/C15H16N4O4/c1-10-6-13(18-23-10)17-14(20)11-7-12(9-16-8-11)15(21)19-2-4-22-5-3-19/h6-9H,2-5H2,1H3,(H,17,18,20). The Kier molecular flexibility index (Phi) is 4.33. The van der Waals surface area contributed by atoms with Crippen LogP contribution in [0.2, 0.25) is 0 Å². The van der Waals surface area contributed by atoms with E-state index in [1.54, 1.807) is 17.9 Å². The largest absolute Gasteiger partial charge is 0.378 e. The van der Waals surface area contributed by atoms with Crippen molar-refractivity contribution in [3.63, 3.8) is 0 Å². The Labute approximate surface area is 132 Å². The molecule has 3 heterocycles. The normalized spacial score (nSPS) is 14.6. The van der Waals surface area contributed by atoms with E-state index in [1.807, 2.05) is 0 Å². The molecular formula is C15H16N4O4. The number of ether oxygens (including phenoxy) is 1. The molecule has 2 aromatic rings. The highest BCUT2D eigenvalue weighted by molar-refractivity contribution is 6.05. The topological polar surface area (TPSA) is 97.6 Å². The Balaban J connectivity index is 1.73. The van der Waals surface area contributed by atoms with E-state index in [2.05, 4.69) is 15.5 Å². The van der Waals surface area contributed by atoms with Crippen LogP contribution in [0, 0.1) is 6.92 Å². The van der Waals surface area contributed by atoms with Gasteiger partial charge in [-0.3, -0.25) is 14.6 Å². The van der Waals surface area contributed by atoms with Crippen LogP contribution in [-0.4, -0.2) is 53.2 Å². The first-order chi connectivity index (χ1) is 11.1. The van der Waals surface area contributed by atoms with E-state index >= 15 is 0 Å². The summed E-state index contributed by atoms with van der Waals surface area (Å²) in [6.45, 7) is 3.84. The van der Waals surface area contributed by atoms with Crippen molar-refractivity contribution in [2.24, 2.45) is 0 Å². The first kappa shape index (κ1) is 15.2. The lowest BCUT2D eigenvalue weighted by atomic mass is 10.1. The van der Waals surface area contributed by atoms with E-state index in [0.717, 1.165) is 0 Å². The van der Waals surface area contributed by atoms with Gasteiger partial charge in [0.05, 0.1) is 24.3 Å². The van der Waals surface area contributed by atoms with Gasteiger partial charge in [-0.05, 0) is 13.0 Å². The Morgan fingerprint density at radius 3 is 2.61 bits per heavy atom. The third-order valence-corrected chi connectivity index (χ3v) is 3.42. The van der Waals surface area contributed by atoms with Crippen molar-refractivity contribution in [3.8, 4) is 0 Å². The minimum Gasteiger partial charge on any atom is -0.378 e. The molecule has 1 saturated heterocycles. The van der Waals surface area contributed by atoms with Crippen LogP contribution in [0.5, 0.6) is 0 Å². The number of aromatic nitrogens is 2. The highest BCUT2D eigenvalue weighted by Crippen LogP contribution is 2.12. The number of morpholine rings is 1. The highest BCUT2D eigenvalue weighted by atomic mass is 16.5. The minimum atomic E-state index is -0.401. The van der Waals surface area contributed by atoms with Gasteiger partial charge in [0, 0.05) is 31.5 Å². The summed E-state index contributed by atoms with van der Waals surface area (Å²) >= 11 is 0. The fourth-order valence-electron chi connectivity index (χ4n) is 2.24. The van der Waals surface area contributed by atoms with Gasteiger partial charge in [-0.1, -0.05) is 5.16 Å². The molecule has 2 aromatic heterocycles. The van der Waals surface area contributed by atoms with Crippen LogP contribution in [0.15, 0.2) is 29.0 Å². The molecule has 0 unspecified atom stereocenters. The maximum atomic E-state index is 12.4. The number of pyridine rings is 1. The van der Waals surface area contributed by atoms with Crippen molar-refractivity contribution in [2.45, 2.75) is 6.92 Å². The van der Waals surface area contributed by atoms with Gasteiger partial charge in [-0.25, -0.2) is 0 Å². The molecule has 1 N–H and O–H groups in total. The summed E-state index contributed by atoms with van der Waals surface area (Å²) in [6.07, 6.45) is 2.85. The number of nitrogens with zero attached hydrogens (tertiary/aromatic N) is 3. The zero-order valence-corrected chi connectivity index (χ0v) is 12.6. The van der Waals surface area contributed by atoms with E-state index in [-0.39, 0.29) is 11.5 Å². The van der Waals surface area contributed by atoms with Crippen molar-refractivity contribution < 1.29 is 18.8 Å². The van der Waals surface area contributed by atoms with Gasteiger partial charge >= 0.3 is 0 Å². The Morgan fingerprint density at radius 2 is 1.91 bits per heavy atom. The zero-order valence-electron chi connectivity index (χ0n) is 12.6. The van der Waals surface area contributed by atoms with Crippen molar-refractivity contribution in [1.29, 1.82) is 0 Å². The molecule has 1 aliphatic rings. The number of nitrogens with one attached hydrogen (secondary N) is 1. The zero-order chi connectivity index (χ0) is 16.2. The number of carbonyl (C=O) groups excluding carboxylic acids is 2. The molecule has 1 aliphatic heterocycles. The summed E-state index contributed by atoms with van der Waals surface area (Å²) in [5, 5.41) is 6.29. The first-order valence-electron chi connectivity index (χ1n) is 7.20. The summed E-state index contributed by atoms with van der Waals surface area (Å²) in [5.74, 6) is 0.349. The molecule has 120 valence electrons. The summed E-state index contributed by atoms with van der Waals surface area (Å²) < 4.78 is 10.1. The summed E-state index contributed by atoms with van der Waals surface area (Å²) in [6, 6.07) is 3.13. The van der Waals surface area contributed by atoms with Crippen LogP contribution in [0.25, 0.3) is 0 Å². The lowest BCUT2D eigenvalue weighted by molar-refractivity contribution is 0.0302. The average molecular weight is 316 g/mol. The van der Waals surface area contributed by atoms with Crippen LogP contribution in [0.1, 0.15) is 26.5 Å². The molecule has 8 heteroatoms. The van der Waals surface area contributed by atoms with Crippen molar-refractivity contribution in [1.82, 2.24) is 15.0 Å². The number of aryl methyl sites for hydroxylation is 1. The number of rotatable bonds is 3. The predicted octanol–water partition coefficient (Wildman–Crippen LogP) is 1.10. The van der Waals surface area contributed by atoms with Crippen LogP contribution in [-0.2, 0) is 4.74 Å². The lowest BCUT2D eigenvalue weighted by Gasteiger charge is -2.26. The second-order valence-corrected chi connectivity index (χ2v) is 5.14. The number of hydrogen-bond acceptors (Lipinski definition) is 6. The van der Waals surface area contributed by atoms with Gasteiger partial charge in [0.2, 0.25) is 0 Å². The van der Waals surface area contributed by atoms with E-state index in [0.29, 0.717) is 43.4 Å². The highest BCUT2D eigenvalue weighted by Gasteiger charge is 2.20. The molecule has 0 atom stereocenters. The second-order valence-electron chi connectivity index (χ2n) is 5.14. The summed E-state index contributed by atoms with van der Waals surface area (Å²) in [5.41, 5.74) is 0.653. The van der Waals surface area contributed by atoms with Gasteiger partial charge in [0.1, 0.15) is 5.76 Å². The maximum absolute atomic E-state index is 12.4. The minimum absolute atomic E-state index is 0.160. The fraction of sp³-hybridized carbons (Fsp3) is 0.333. The van der Waals surface area contributed by atoms with Crippen LogP contribution >= 0.6 is 0 Å². The molecule has 8 nitrogen and oxygen atoms in total. The summed E-state index contributed by atoms with van der Waals surface area (Å²) in [7, 11) is 0. The van der Waals surface area contributed by atoms with Gasteiger partial charge < -0.3 is 19.5 Å².